The van der Waals surface area contributed by atoms with Gasteiger partial charge in [-0.3, -0.25) is 0 Å². The smallest absolute Gasteiger partial charge is 0.200 e. The molecule has 0 radical (unpaired) electrons. The van der Waals surface area contributed by atoms with Gasteiger partial charge in [-0.25, -0.2) is 0 Å². The van der Waals surface area contributed by atoms with Crippen molar-refractivity contribution in [1.82, 2.24) is 4.41 Å². The zero-order valence-electron chi connectivity index (χ0n) is 13.3. The van der Waals surface area contributed by atoms with E-state index in [1.807, 2.05) is 6.92 Å². The Bertz CT molecular complexity index is 930. The van der Waals surface area contributed by atoms with E-state index in [1.165, 1.54) is 4.41 Å². The molecule has 0 saturated heterocycles. The predicted molar refractivity (Wildman–Crippen MR) is 110 cm³/mol. The first-order valence-electron chi connectivity index (χ1n) is 7.62. The predicted octanol–water partition coefficient (Wildman–Crippen LogP) is 5.18. The van der Waals surface area contributed by atoms with Gasteiger partial charge in [-0.1, -0.05) is 29.3 Å². The van der Waals surface area contributed by atoms with Crippen molar-refractivity contribution in [2.24, 2.45) is 5.10 Å². The summed E-state index contributed by atoms with van der Waals surface area (Å²) < 4.78 is 28.1. The molecule has 1 aliphatic rings. The summed E-state index contributed by atoms with van der Waals surface area (Å²) in [7, 11) is -3.70. The summed E-state index contributed by atoms with van der Waals surface area (Å²) in [6, 6.07) is 11.7. The summed E-state index contributed by atoms with van der Waals surface area (Å²) in [5.74, 6) is 0. The molecule has 0 aromatic heterocycles. The molecule has 0 amide bonds. The molecule has 0 spiro atoms. The molecule has 2 aromatic carbocycles. The Labute approximate surface area is 171 Å². The van der Waals surface area contributed by atoms with Crippen molar-refractivity contribution in [3.05, 3.63) is 61.6 Å². The van der Waals surface area contributed by atoms with Crippen LogP contribution in [0.4, 0.5) is 0 Å². The average Bonchev–Trinajstić information content (AvgIpc) is 2.58. The third-order valence-corrected chi connectivity index (χ3v) is 7.27. The second-order valence-corrected chi connectivity index (χ2v) is 9.65. The maximum absolute atomic E-state index is 13.0. The number of hydrazone groups is 1. The van der Waals surface area contributed by atoms with Crippen molar-refractivity contribution in [2.45, 2.75) is 30.7 Å². The third-order valence-electron chi connectivity index (χ3n) is 4.01. The van der Waals surface area contributed by atoms with Gasteiger partial charge in [0.05, 0.1) is 26.7 Å². The SMILES string of the molecule is C[C@@H]1CCC(c2ccc(Cl)c(Cl)c2)=NN1S(=O)(=O)c1ccc(I)cc1. The molecule has 8 heteroatoms. The fraction of sp³-hybridized carbons (Fsp3) is 0.235. The Morgan fingerprint density at radius 3 is 2.44 bits per heavy atom. The molecule has 0 saturated carbocycles. The zero-order chi connectivity index (χ0) is 18.2. The molecule has 0 bridgehead atoms. The van der Waals surface area contributed by atoms with Crippen LogP contribution in [-0.2, 0) is 10.0 Å². The van der Waals surface area contributed by atoms with Crippen molar-refractivity contribution in [1.29, 1.82) is 0 Å². The summed E-state index contributed by atoms with van der Waals surface area (Å²) in [5.41, 5.74) is 1.47. The molecule has 2 aromatic rings. The fourth-order valence-corrected chi connectivity index (χ4v) is 4.75. The summed E-state index contributed by atoms with van der Waals surface area (Å²) in [6.07, 6.45) is 1.36. The van der Waals surface area contributed by atoms with Crippen LogP contribution in [-0.4, -0.2) is 24.6 Å². The van der Waals surface area contributed by atoms with Crippen molar-refractivity contribution in [3.8, 4) is 0 Å². The minimum Gasteiger partial charge on any atom is -0.200 e. The number of benzene rings is 2. The second kappa shape index (κ2) is 7.42. The van der Waals surface area contributed by atoms with Crippen LogP contribution in [0.5, 0.6) is 0 Å². The molecule has 1 atom stereocenters. The van der Waals surface area contributed by atoms with Crippen LogP contribution in [0.2, 0.25) is 10.0 Å². The average molecular weight is 509 g/mol. The highest BCUT2D eigenvalue weighted by Gasteiger charge is 2.31. The van der Waals surface area contributed by atoms with Crippen molar-refractivity contribution < 1.29 is 8.42 Å². The van der Waals surface area contributed by atoms with E-state index >= 15 is 0 Å². The molecule has 4 nitrogen and oxygen atoms in total. The molecule has 1 heterocycles. The molecule has 0 unspecified atom stereocenters. The van der Waals surface area contributed by atoms with Crippen molar-refractivity contribution >= 4 is 61.5 Å². The minimum absolute atomic E-state index is 0.212. The lowest BCUT2D eigenvalue weighted by Gasteiger charge is -2.30. The quantitative estimate of drug-likeness (QED) is 0.536. The van der Waals surface area contributed by atoms with Gasteiger partial charge in [-0.15, -0.1) is 0 Å². The minimum atomic E-state index is -3.70. The monoisotopic (exact) mass is 508 g/mol. The van der Waals surface area contributed by atoms with E-state index in [9.17, 15) is 8.42 Å². The Balaban J connectivity index is 2.01. The Kier molecular flexibility index (Phi) is 5.63. The second-order valence-electron chi connectivity index (χ2n) is 5.79. The number of rotatable bonds is 3. The lowest BCUT2D eigenvalue weighted by molar-refractivity contribution is 0.323. The lowest BCUT2D eigenvalue weighted by Crippen LogP contribution is -2.38. The third kappa shape index (κ3) is 3.97. The van der Waals surface area contributed by atoms with E-state index in [1.54, 1.807) is 42.5 Å². The standard InChI is InChI=1S/C17H15Cl2IN2O2S/c1-11-2-9-17(12-3-8-15(18)16(19)10-12)21-22(11)25(23,24)14-6-4-13(20)5-7-14/h3-8,10-11H,2,9H2,1H3/t11-/m1/s1. The van der Waals surface area contributed by atoms with Crippen molar-refractivity contribution in [3.63, 3.8) is 0 Å². The fourth-order valence-electron chi connectivity index (χ4n) is 2.61. The Hall–Kier alpha value is -0.830. The van der Waals surface area contributed by atoms with Crippen molar-refractivity contribution in [2.75, 3.05) is 0 Å². The molecular formula is C17H15Cl2IN2O2S. The molecule has 0 fully saturated rings. The van der Waals surface area contributed by atoms with Crippen LogP contribution >= 0.6 is 45.8 Å². The van der Waals surface area contributed by atoms with Crippen LogP contribution < -0.4 is 0 Å². The number of hydrogen-bond donors (Lipinski definition) is 0. The van der Waals surface area contributed by atoms with E-state index in [-0.39, 0.29) is 10.9 Å². The number of hydrogen-bond acceptors (Lipinski definition) is 3. The van der Waals surface area contributed by atoms with Gasteiger partial charge >= 0.3 is 0 Å². The van der Waals surface area contributed by atoms with Gasteiger partial charge in [0.15, 0.2) is 0 Å². The van der Waals surface area contributed by atoms with Gasteiger partial charge in [0.2, 0.25) is 0 Å². The highest BCUT2D eigenvalue weighted by molar-refractivity contribution is 14.1. The lowest BCUT2D eigenvalue weighted by atomic mass is 10.0. The number of halogens is 3. The van der Waals surface area contributed by atoms with E-state index in [0.717, 1.165) is 9.13 Å². The first-order valence-corrected chi connectivity index (χ1v) is 10.9. The van der Waals surface area contributed by atoms with E-state index in [2.05, 4.69) is 27.7 Å². The topological polar surface area (TPSA) is 49.7 Å². The molecular weight excluding hydrogens is 494 g/mol. The summed E-state index contributed by atoms with van der Waals surface area (Å²) in [6.45, 7) is 1.86. The van der Waals surface area contributed by atoms with Gasteiger partial charge in [0.25, 0.3) is 10.0 Å². The largest absolute Gasteiger partial charge is 0.279 e. The summed E-state index contributed by atoms with van der Waals surface area (Å²) in [5, 5.41) is 5.31. The van der Waals surface area contributed by atoms with Crippen LogP contribution in [0.25, 0.3) is 0 Å². The maximum atomic E-state index is 13.0. The Morgan fingerprint density at radius 2 is 1.80 bits per heavy atom. The number of sulfonamides is 1. The van der Waals surface area contributed by atoms with E-state index < -0.39 is 10.0 Å². The highest BCUT2D eigenvalue weighted by atomic mass is 127. The molecule has 0 N–H and O–H groups in total. The molecule has 0 aliphatic carbocycles. The zero-order valence-corrected chi connectivity index (χ0v) is 17.8. The van der Waals surface area contributed by atoms with Crippen LogP contribution in [0, 0.1) is 3.57 Å². The molecule has 3 rings (SSSR count). The summed E-state index contributed by atoms with van der Waals surface area (Å²) >= 11 is 14.2. The van der Waals surface area contributed by atoms with E-state index in [4.69, 9.17) is 23.2 Å². The van der Waals surface area contributed by atoms with Crippen LogP contribution in [0.15, 0.2) is 52.5 Å². The van der Waals surface area contributed by atoms with Gasteiger partial charge in [0.1, 0.15) is 0 Å². The van der Waals surface area contributed by atoms with Crippen LogP contribution in [0.3, 0.4) is 0 Å². The summed E-state index contributed by atoms with van der Waals surface area (Å²) in [4.78, 5) is 0.235. The normalized spacial score (nSPS) is 18.2. The first kappa shape index (κ1) is 18.9. The molecule has 25 heavy (non-hydrogen) atoms. The molecule has 1 aliphatic heterocycles. The van der Waals surface area contributed by atoms with Gasteiger partial charge < -0.3 is 0 Å². The Morgan fingerprint density at radius 1 is 1.12 bits per heavy atom. The van der Waals surface area contributed by atoms with E-state index in [0.29, 0.717) is 28.6 Å². The van der Waals surface area contributed by atoms with Gasteiger partial charge in [-0.2, -0.15) is 17.9 Å². The highest BCUT2D eigenvalue weighted by Crippen LogP contribution is 2.29. The maximum Gasteiger partial charge on any atom is 0.279 e. The van der Waals surface area contributed by atoms with Crippen LogP contribution in [0.1, 0.15) is 25.3 Å². The first-order chi connectivity index (χ1) is 11.8. The van der Waals surface area contributed by atoms with Gasteiger partial charge in [-0.05, 0) is 84.3 Å². The van der Waals surface area contributed by atoms with Gasteiger partial charge in [0, 0.05) is 3.57 Å². The molecule has 132 valence electrons. The number of nitrogens with zero attached hydrogens (tertiary/aromatic N) is 2.